The minimum absolute atomic E-state index is 0.0232. The van der Waals surface area contributed by atoms with Crippen molar-refractivity contribution in [2.45, 2.75) is 18.2 Å². The summed E-state index contributed by atoms with van der Waals surface area (Å²) in [6.45, 7) is -0.161. The minimum Gasteiger partial charge on any atom is -0.378 e. The summed E-state index contributed by atoms with van der Waals surface area (Å²) in [5.74, 6) is -0.965. The van der Waals surface area contributed by atoms with Gasteiger partial charge in [0.15, 0.2) is 5.60 Å². The second-order valence-electron chi connectivity index (χ2n) is 5.02. The van der Waals surface area contributed by atoms with Crippen molar-refractivity contribution in [2.75, 3.05) is 18.0 Å². The van der Waals surface area contributed by atoms with Crippen LogP contribution in [0.1, 0.15) is 12.0 Å². The van der Waals surface area contributed by atoms with Crippen LogP contribution in [0.3, 0.4) is 0 Å². The molecular formula is C12H12F3N3O4. The molecule has 1 amide bonds. The molecule has 1 aliphatic heterocycles. The number of nitro benzene ring substituents is 1. The Morgan fingerprint density at radius 2 is 2.09 bits per heavy atom. The van der Waals surface area contributed by atoms with Gasteiger partial charge in [-0.25, -0.2) is 0 Å². The van der Waals surface area contributed by atoms with E-state index < -0.39 is 33.9 Å². The Kier molecular flexibility index (Phi) is 3.73. The van der Waals surface area contributed by atoms with Crippen LogP contribution in [0.15, 0.2) is 18.2 Å². The zero-order valence-electron chi connectivity index (χ0n) is 11.1. The molecule has 10 heteroatoms. The predicted molar refractivity (Wildman–Crippen MR) is 69.1 cm³/mol. The highest BCUT2D eigenvalue weighted by atomic mass is 19.4. The van der Waals surface area contributed by atoms with Gasteiger partial charge in [-0.05, 0) is 12.1 Å². The van der Waals surface area contributed by atoms with Gasteiger partial charge >= 0.3 is 6.18 Å². The zero-order chi connectivity index (χ0) is 16.7. The molecule has 1 saturated heterocycles. The Morgan fingerprint density at radius 1 is 1.45 bits per heavy atom. The molecule has 120 valence electrons. The molecule has 0 bridgehead atoms. The first kappa shape index (κ1) is 16.0. The summed E-state index contributed by atoms with van der Waals surface area (Å²) in [5.41, 5.74) is 0.815. The van der Waals surface area contributed by atoms with E-state index in [0.29, 0.717) is 6.07 Å². The zero-order valence-corrected chi connectivity index (χ0v) is 11.1. The highest BCUT2D eigenvalue weighted by Gasteiger charge is 2.43. The third-order valence-electron chi connectivity index (χ3n) is 3.55. The van der Waals surface area contributed by atoms with Crippen LogP contribution in [0.2, 0.25) is 0 Å². The third-order valence-corrected chi connectivity index (χ3v) is 3.55. The van der Waals surface area contributed by atoms with Crippen LogP contribution in [0.5, 0.6) is 0 Å². The van der Waals surface area contributed by atoms with Crippen LogP contribution < -0.4 is 10.6 Å². The molecule has 1 atom stereocenters. The molecule has 0 aromatic heterocycles. The summed E-state index contributed by atoms with van der Waals surface area (Å²) < 4.78 is 38.7. The lowest BCUT2D eigenvalue weighted by Gasteiger charge is -2.22. The standard InChI is InChI=1S/C12H12F3N3O4/c13-12(14,15)8-5-7(1-2-9(8)18(21)22)17-4-3-11(20,6-17)10(16)19/h1-2,5,20H,3-4,6H2,(H2,16,19). The van der Waals surface area contributed by atoms with E-state index in [2.05, 4.69) is 0 Å². The second-order valence-corrected chi connectivity index (χ2v) is 5.02. The number of alkyl halides is 3. The lowest BCUT2D eigenvalue weighted by molar-refractivity contribution is -0.388. The van der Waals surface area contributed by atoms with E-state index >= 15 is 0 Å². The van der Waals surface area contributed by atoms with Crippen LogP contribution in [0.4, 0.5) is 24.5 Å². The molecule has 0 radical (unpaired) electrons. The lowest BCUT2D eigenvalue weighted by atomic mass is 10.0. The van der Waals surface area contributed by atoms with E-state index in [4.69, 9.17) is 5.73 Å². The van der Waals surface area contributed by atoms with Gasteiger partial charge in [0, 0.05) is 24.7 Å². The number of hydrogen-bond acceptors (Lipinski definition) is 5. The number of halogens is 3. The molecule has 0 spiro atoms. The quantitative estimate of drug-likeness (QED) is 0.639. The monoisotopic (exact) mass is 319 g/mol. The number of nitrogens with two attached hydrogens (primary N) is 1. The summed E-state index contributed by atoms with van der Waals surface area (Å²) in [6, 6.07) is 2.52. The second kappa shape index (κ2) is 5.13. The fourth-order valence-electron chi connectivity index (χ4n) is 2.32. The molecule has 0 aliphatic carbocycles. The summed E-state index contributed by atoms with van der Waals surface area (Å²) in [4.78, 5) is 22.0. The van der Waals surface area contributed by atoms with Crippen molar-refractivity contribution in [1.82, 2.24) is 0 Å². The van der Waals surface area contributed by atoms with Crippen LogP contribution in [0, 0.1) is 10.1 Å². The van der Waals surface area contributed by atoms with Gasteiger partial charge in [-0.3, -0.25) is 14.9 Å². The van der Waals surface area contributed by atoms with Gasteiger partial charge < -0.3 is 15.7 Å². The molecule has 1 aromatic rings. The Balaban J connectivity index is 2.39. The Morgan fingerprint density at radius 3 is 2.55 bits per heavy atom. The number of nitro groups is 1. The maximum absolute atomic E-state index is 12.9. The molecule has 1 fully saturated rings. The van der Waals surface area contributed by atoms with Crippen LogP contribution in [-0.4, -0.2) is 34.6 Å². The number of hydrogen-bond donors (Lipinski definition) is 2. The fourth-order valence-corrected chi connectivity index (χ4v) is 2.32. The number of amides is 1. The van der Waals surface area contributed by atoms with Crippen molar-refractivity contribution in [3.05, 3.63) is 33.9 Å². The topological polar surface area (TPSA) is 110 Å². The molecule has 1 unspecified atom stereocenters. The first-order chi connectivity index (χ1) is 10.0. The van der Waals surface area contributed by atoms with Gasteiger partial charge in [0.05, 0.1) is 11.5 Å². The average molecular weight is 319 g/mol. The molecule has 3 N–H and O–H groups in total. The number of aliphatic hydroxyl groups is 1. The maximum atomic E-state index is 12.9. The van der Waals surface area contributed by atoms with Crippen molar-refractivity contribution in [3.63, 3.8) is 0 Å². The number of β-amino-alcohol motifs (C(OH)–C–C–N with tert-alkyl or cyclic N) is 1. The number of rotatable bonds is 3. The van der Waals surface area contributed by atoms with E-state index in [9.17, 15) is 33.2 Å². The smallest absolute Gasteiger partial charge is 0.378 e. The van der Waals surface area contributed by atoms with Gasteiger partial charge in [-0.1, -0.05) is 0 Å². The lowest BCUT2D eigenvalue weighted by Crippen LogP contribution is -2.46. The number of carbonyl (C=O) groups is 1. The molecule has 1 aromatic carbocycles. The minimum atomic E-state index is -4.89. The van der Waals surface area contributed by atoms with Gasteiger partial charge in [0.25, 0.3) is 11.6 Å². The van der Waals surface area contributed by atoms with Crippen LogP contribution in [-0.2, 0) is 11.0 Å². The molecule has 7 nitrogen and oxygen atoms in total. The highest BCUT2D eigenvalue weighted by molar-refractivity contribution is 5.85. The number of nitrogens with zero attached hydrogens (tertiary/aromatic N) is 2. The van der Waals surface area contributed by atoms with Crippen LogP contribution in [0.25, 0.3) is 0 Å². The molecule has 2 rings (SSSR count). The maximum Gasteiger partial charge on any atom is 0.423 e. The summed E-state index contributed by atoms with van der Waals surface area (Å²) in [5, 5.41) is 20.6. The first-order valence-corrected chi connectivity index (χ1v) is 6.17. The fraction of sp³-hybridized carbons (Fsp3) is 0.417. The Labute approximate surface area is 122 Å². The molecule has 1 heterocycles. The molecular weight excluding hydrogens is 307 g/mol. The molecule has 1 aliphatic rings. The van der Waals surface area contributed by atoms with Crippen molar-refractivity contribution in [3.8, 4) is 0 Å². The SMILES string of the molecule is NC(=O)C1(O)CCN(c2ccc([N+](=O)[O-])c(C(F)(F)F)c2)C1. The van der Waals surface area contributed by atoms with Gasteiger partial charge in [0.2, 0.25) is 0 Å². The number of anilines is 1. The van der Waals surface area contributed by atoms with Gasteiger partial charge in [0.1, 0.15) is 5.56 Å². The van der Waals surface area contributed by atoms with Crippen molar-refractivity contribution in [2.24, 2.45) is 5.73 Å². The molecule has 0 saturated carbocycles. The van der Waals surface area contributed by atoms with Crippen molar-refractivity contribution >= 4 is 17.3 Å². The third kappa shape index (κ3) is 2.82. The summed E-state index contributed by atoms with van der Waals surface area (Å²) in [6.07, 6.45) is -4.92. The number of carbonyl (C=O) groups excluding carboxylic acids is 1. The van der Waals surface area contributed by atoms with E-state index in [1.54, 1.807) is 0 Å². The van der Waals surface area contributed by atoms with E-state index in [1.807, 2.05) is 0 Å². The molecule has 22 heavy (non-hydrogen) atoms. The normalized spacial score (nSPS) is 21.9. The predicted octanol–water partition coefficient (Wildman–Crippen LogP) is 1.04. The summed E-state index contributed by atoms with van der Waals surface area (Å²) >= 11 is 0. The number of benzene rings is 1. The highest BCUT2D eigenvalue weighted by Crippen LogP contribution is 2.39. The van der Waals surface area contributed by atoms with Gasteiger partial charge in [-0.15, -0.1) is 0 Å². The Bertz CT molecular complexity index is 635. The first-order valence-electron chi connectivity index (χ1n) is 6.17. The van der Waals surface area contributed by atoms with Crippen molar-refractivity contribution < 1.29 is 28.0 Å². The Hall–Kier alpha value is -2.36. The van der Waals surface area contributed by atoms with Crippen molar-refractivity contribution in [1.29, 1.82) is 0 Å². The van der Waals surface area contributed by atoms with Crippen LogP contribution >= 0.6 is 0 Å². The number of primary amides is 1. The van der Waals surface area contributed by atoms with Gasteiger partial charge in [-0.2, -0.15) is 13.2 Å². The van der Waals surface area contributed by atoms with E-state index in [0.717, 1.165) is 12.1 Å². The van der Waals surface area contributed by atoms with E-state index in [1.165, 1.54) is 4.90 Å². The largest absolute Gasteiger partial charge is 0.423 e. The summed E-state index contributed by atoms with van der Waals surface area (Å²) in [7, 11) is 0. The average Bonchev–Trinajstić information content (AvgIpc) is 2.81. The van der Waals surface area contributed by atoms with E-state index in [-0.39, 0.29) is 25.2 Å².